The van der Waals surface area contributed by atoms with E-state index >= 15 is 0 Å². The van der Waals surface area contributed by atoms with Crippen molar-refractivity contribution >= 4 is 15.9 Å². The molecule has 2 nitrogen and oxygen atoms in total. The zero-order valence-corrected chi connectivity index (χ0v) is 5.98. The quantitative estimate of drug-likeness (QED) is 0.739. The van der Waals surface area contributed by atoms with Gasteiger partial charge in [0, 0.05) is 0 Å². The lowest BCUT2D eigenvalue weighted by Gasteiger charge is -1.86. The van der Waals surface area contributed by atoms with Gasteiger partial charge in [-0.15, -0.1) is 0 Å². The van der Waals surface area contributed by atoms with Crippen molar-refractivity contribution in [3.05, 3.63) is 22.3 Å². The predicted octanol–water partition coefficient (Wildman–Crippen LogP) is 1.67. The van der Waals surface area contributed by atoms with E-state index in [0.717, 1.165) is 6.26 Å². The Labute approximate surface area is 59.4 Å². The fraction of sp³-hybridized carbons (Fsp3) is 0.200. The van der Waals surface area contributed by atoms with Crippen LogP contribution in [0.25, 0.3) is 0 Å². The molecule has 0 aromatic carbocycles. The summed E-state index contributed by atoms with van der Waals surface area (Å²) < 4.78 is 17.1. The molecular weight excluding hydrogens is 191 g/mol. The molecule has 1 aromatic rings. The number of aliphatic hydroxyl groups is 1. The Hall–Kier alpha value is -0.350. The highest BCUT2D eigenvalue weighted by Crippen LogP contribution is 2.20. The first kappa shape index (κ1) is 6.77. The molecule has 0 spiro atoms. The van der Waals surface area contributed by atoms with E-state index < -0.39 is 5.82 Å². The van der Waals surface area contributed by atoms with E-state index in [1.807, 2.05) is 0 Å². The fourth-order valence-corrected chi connectivity index (χ4v) is 0.886. The standard InChI is InChI=1S/C5H4BrFO2/c6-5-3(1-8)4(7)2-9-5/h2,8H,1H2. The third kappa shape index (κ3) is 1.14. The summed E-state index contributed by atoms with van der Waals surface area (Å²) in [4.78, 5) is 0. The second-order valence-corrected chi connectivity index (χ2v) is 2.21. The van der Waals surface area contributed by atoms with Crippen LogP contribution < -0.4 is 0 Å². The number of aliphatic hydroxyl groups excluding tert-OH is 1. The molecule has 4 heteroatoms. The first-order chi connectivity index (χ1) is 4.25. The smallest absolute Gasteiger partial charge is 0.177 e. The van der Waals surface area contributed by atoms with Gasteiger partial charge in [-0.1, -0.05) is 0 Å². The second-order valence-electron chi connectivity index (χ2n) is 1.49. The van der Waals surface area contributed by atoms with Crippen LogP contribution in [0, 0.1) is 5.82 Å². The minimum atomic E-state index is -0.524. The summed E-state index contributed by atoms with van der Waals surface area (Å²) in [6, 6.07) is 0. The van der Waals surface area contributed by atoms with Gasteiger partial charge in [-0.3, -0.25) is 0 Å². The molecule has 0 aliphatic carbocycles. The Morgan fingerprint density at radius 3 is 2.67 bits per heavy atom. The summed E-state index contributed by atoms with van der Waals surface area (Å²) in [5.41, 5.74) is 0.162. The Morgan fingerprint density at radius 2 is 2.44 bits per heavy atom. The van der Waals surface area contributed by atoms with Gasteiger partial charge in [0.1, 0.15) is 6.26 Å². The molecule has 1 aromatic heterocycles. The van der Waals surface area contributed by atoms with E-state index in [9.17, 15) is 4.39 Å². The first-order valence-corrected chi connectivity index (χ1v) is 3.07. The molecular formula is C5H4BrFO2. The van der Waals surface area contributed by atoms with E-state index in [2.05, 4.69) is 20.3 Å². The van der Waals surface area contributed by atoms with Crippen molar-refractivity contribution in [3.8, 4) is 0 Å². The van der Waals surface area contributed by atoms with Gasteiger partial charge in [0.05, 0.1) is 12.2 Å². The maximum atomic E-state index is 12.3. The molecule has 0 saturated carbocycles. The van der Waals surface area contributed by atoms with Gasteiger partial charge in [-0.25, -0.2) is 4.39 Å². The number of hydrogen-bond acceptors (Lipinski definition) is 2. The van der Waals surface area contributed by atoms with Crippen LogP contribution in [0.2, 0.25) is 0 Å². The van der Waals surface area contributed by atoms with E-state index in [1.165, 1.54) is 0 Å². The third-order valence-corrected chi connectivity index (χ3v) is 1.62. The Bertz CT molecular complexity index is 189. The maximum Gasteiger partial charge on any atom is 0.177 e. The average Bonchev–Trinajstić information content (AvgIpc) is 2.12. The van der Waals surface area contributed by atoms with Crippen LogP contribution in [-0.4, -0.2) is 5.11 Å². The molecule has 0 saturated heterocycles. The lowest BCUT2D eigenvalue weighted by atomic mass is 10.3. The van der Waals surface area contributed by atoms with Crippen LogP contribution in [0.3, 0.4) is 0 Å². The Morgan fingerprint density at radius 1 is 1.78 bits per heavy atom. The van der Waals surface area contributed by atoms with Crippen LogP contribution in [0.4, 0.5) is 4.39 Å². The van der Waals surface area contributed by atoms with Gasteiger partial charge in [0.25, 0.3) is 0 Å². The summed E-state index contributed by atoms with van der Waals surface area (Å²) in [5.74, 6) is -0.524. The molecule has 0 aliphatic heterocycles. The van der Waals surface area contributed by atoms with Gasteiger partial charge < -0.3 is 9.52 Å². The minimum Gasteiger partial charge on any atom is -0.454 e. The SMILES string of the molecule is OCc1c(F)coc1Br. The molecule has 0 radical (unpaired) electrons. The summed E-state index contributed by atoms with van der Waals surface area (Å²) in [6.07, 6.45) is 0.940. The van der Waals surface area contributed by atoms with Crippen LogP contribution in [0.1, 0.15) is 5.56 Å². The molecule has 0 bridgehead atoms. The molecule has 50 valence electrons. The molecule has 1 rings (SSSR count). The highest BCUT2D eigenvalue weighted by molar-refractivity contribution is 9.10. The molecule has 9 heavy (non-hydrogen) atoms. The van der Waals surface area contributed by atoms with Gasteiger partial charge >= 0.3 is 0 Å². The molecule has 0 unspecified atom stereocenters. The highest BCUT2D eigenvalue weighted by atomic mass is 79.9. The molecule has 1 heterocycles. The topological polar surface area (TPSA) is 33.4 Å². The van der Waals surface area contributed by atoms with E-state index in [0.29, 0.717) is 0 Å². The number of halogens is 2. The molecule has 1 N–H and O–H groups in total. The molecule has 0 aliphatic rings. The Balaban J connectivity index is 3.07. The van der Waals surface area contributed by atoms with Crippen molar-refractivity contribution in [3.63, 3.8) is 0 Å². The van der Waals surface area contributed by atoms with E-state index in [-0.39, 0.29) is 16.8 Å². The lowest BCUT2D eigenvalue weighted by Crippen LogP contribution is -1.82. The summed E-state index contributed by atoms with van der Waals surface area (Å²) in [5, 5.41) is 8.46. The van der Waals surface area contributed by atoms with Gasteiger partial charge in [0.15, 0.2) is 10.5 Å². The van der Waals surface area contributed by atoms with Crippen LogP contribution >= 0.6 is 15.9 Å². The minimum absolute atomic E-state index is 0.162. The number of furan rings is 1. The number of hydrogen-bond donors (Lipinski definition) is 1. The van der Waals surface area contributed by atoms with Gasteiger partial charge in [0.2, 0.25) is 0 Å². The Kier molecular flexibility index (Phi) is 1.87. The first-order valence-electron chi connectivity index (χ1n) is 2.28. The van der Waals surface area contributed by atoms with Crippen LogP contribution in [0.5, 0.6) is 0 Å². The predicted molar refractivity (Wildman–Crippen MR) is 32.3 cm³/mol. The van der Waals surface area contributed by atoms with Crippen molar-refractivity contribution in [2.45, 2.75) is 6.61 Å². The molecule has 0 fully saturated rings. The van der Waals surface area contributed by atoms with Crippen molar-refractivity contribution < 1.29 is 13.9 Å². The largest absolute Gasteiger partial charge is 0.454 e. The fourth-order valence-electron chi connectivity index (χ4n) is 0.477. The highest BCUT2D eigenvalue weighted by Gasteiger charge is 2.08. The average molecular weight is 195 g/mol. The second kappa shape index (κ2) is 2.49. The molecule has 0 amide bonds. The lowest BCUT2D eigenvalue weighted by molar-refractivity contribution is 0.274. The molecule has 0 atom stereocenters. The van der Waals surface area contributed by atoms with Crippen molar-refractivity contribution in [2.24, 2.45) is 0 Å². The normalized spacial score (nSPS) is 10.1. The van der Waals surface area contributed by atoms with Crippen molar-refractivity contribution in [2.75, 3.05) is 0 Å². The summed E-state index contributed by atoms with van der Waals surface area (Å²) >= 11 is 2.91. The van der Waals surface area contributed by atoms with Crippen LogP contribution in [0.15, 0.2) is 15.3 Å². The monoisotopic (exact) mass is 194 g/mol. The van der Waals surface area contributed by atoms with Gasteiger partial charge in [-0.2, -0.15) is 0 Å². The van der Waals surface area contributed by atoms with Crippen molar-refractivity contribution in [1.82, 2.24) is 0 Å². The zero-order chi connectivity index (χ0) is 6.85. The van der Waals surface area contributed by atoms with Crippen LogP contribution in [-0.2, 0) is 6.61 Å². The van der Waals surface area contributed by atoms with E-state index in [4.69, 9.17) is 5.11 Å². The van der Waals surface area contributed by atoms with E-state index in [1.54, 1.807) is 0 Å². The van der Waals surface area contributed by atoms with Gasteiger partial charge in [-0.05, 0) is 15.9 Å². The summed E-state index contributed by atoms with van der Waals surface area (Å²) in [7, 11) is 0. The summed E-state index contributed by atoms with van der Waals surface area (Å²) in [6.45, 7) is -0.344. The van der Waals surface area contributed by atoms with Crippen molar-refractivity contribution in [1.29, 1.82) is 0 Å². The third-order valence-electron chi connectivity index (χ3n) is 0.950. The maximum absolute atomic E-state index is 12.3. The zero-order valence-electron chi connectivity index (χ0n) is 4.40. The number of rotatable bonds is 1.